The summed E-state index contributed by atoms with van der Waals surface area (Å²) in [5, 5.41) is 17.9. The smallest absolute Gasteiger partial charge is 0.262 e. The Labute approximate surface area is 163 Å². The number of nitrogens with one attached hydrogen (secondary N) is 2. The molecule has 2 rings (SSSR count). The molecule has 0 aliphatic heterocycles. The maximum Gasteiger partial charge on any atom is 0.262 e. The fraction of sp³-hybridized carbons (Fsp3) is 0.500. The van der Waals surface area contributed by atoms with Gasteiger partial charge in [-0.2, -0.15) is 0 Å². The molecule has 1 aromatic carbocycles. The summed E-state index contributed by atoms with van der Waals surface area (Å²) < 4.78 is 5.13. The van der Waals surface area contributed by atoms with Crippen molar-refractivity contribution in [1.29, 1.82) is 0 Å². The van der Waals surface area contributed by atoms with Gasteiger partial charge in [-0.1, -0.05) is 32.6 Å². The molecular weight excluding hydrogens is 364 g/mol. The Kier molecular flexibility index (Phi) is 8.35. The second-order valence-corrected chi connectivity index (χ2v) is 6.38. The predicted octanol–water partition coefficient (Wildman–Crippen LogP) is 1.91. The zero-order chi connectivity index (χ0) is 20.4. The number of anilines is 1. The van der Waals surface area contributed by atoms with E-state index in [1.807, 2.05) is 0 Å². The molecule has 0 bridgehead atoms. The van der Waals surface area contributed by atoms with E-state index in [1.54, 1.807) is 25.3 Å². The Morgan fingerprint density at radius 2 is 2.11 bits per heavy atom. The number of carbonyl (C=O) groups excluding carboxylic acids is 2. The SMILES string of the molecule is CCCCCC[C@H](CN(O)C=O)C(=O)NNc1nnc2cc(OC)ccc2n1. The highest BCUT2D eigenvalue weighted by Gasteiger charge is 2.21. The average molecular weight is 390 g/mol. The molecule has 2 aromatic rings. The molecule has 1 aromatic heterocycles. The minimum Gasteiger partial charge on any atom is -0.497 e. The molecule has 152 valence electrons. The van der Waals surface area contributed by atoms with Gasteiger partial charge in [0.1, 0.15) is 11.3 Å². The molecule has 0 aliphatic rings. The number of rotatable bonds is 12. The lowest BCUT2D eigenvalue weighted by Crippen LogP contribution is -2.40. The van der Waals surface area contributed by atoms with Crippen molar-refractivity contribution in [2.24, 2.45) is 5.92 Å². The van der Waals surface area contributed by atoms with E-state index in [-0.39, 0.29) is 24.8 Å². The summed E-state index contributed by atoms with van der Waals surface area (Å²) in [4.78, 5) is 27.4. The highest BCUT2D eigenvalue weighted by molar-refractivity contribution is 5.80. The summed E-state index contributed by atoms with van der Waals surface area (Å²) in [6.07, 6.45) is 4.80. The maximum absolute atomic E-state index is 12.5. The number of benzene rings is 1. The zero-order valence-corrected chi connectivity index (χ0v) is 16.1. The molecule has 1 heterocycles. The third-order valence-corrected chi connectivity index (χ3v) is 4.26. The lowest BCUT2D eigenvalue weighted by atomic mass is 10.00. The van der Waals surface area contributed by atoms with Crippen molar-refractivity contribution in [3.05, 3.63) is 18.2 Å². The Morgan fingerprint density at radius 1 is 1.29 bits per heavy atom. The van der Waals surface area contributed by atoms with Crippen molar-refractivity contribution in [3.8, 4) is 5.75 Å². The highest BCUT2D eigenvalue weighted by atomic mass is 16.5. The van der Waals surface area contributed by atoms with Crippen LogP contribution >= 0.6 is 0 Å². The average Bonchev–Trinajstić information content (AvgIpc) is 2.73. The van der Waals surface area contributed by atoms with Crippen molar-refractivity contribution < 1.29 is 19.5 Å². The van der Waals surface area contributed by atoms with Crippen molar-refractivity contribution in [3.63, 3.8) is 0 Å². The number of amides is 2. The molecule has 0 radical (unpaired) electrons. The molecule has 10 nitrogen and oxygen atoms in total. The first kappa shape index (κ1) is 21.3. The number of hydrogen-bond acceptors (Lipinski definition) is 8. The van der Waals surface area contributed by atoms with E-state index in [0.29, 0.717) is 28.3 Å². The third-order valence-electron chi connectivity index (χ3n) is 4.26. The number of carbonyl (C=O) groups is 2. The fourth-order valence-corrected chi connectivity index (χ4v) is 2.71. The van der Waals surface area contributed by atoms with Gasteiger partial charge in [-0.05, 0) is 18.6 Å². The first-order valence-electron chi connectivity index (χ1n) is 9.22. The minimum atomic E-state index is -0.558. The number of methoxy groups -OCH3 is 1. The molecule has 10 heteroatoms. The lowest BCUT2D eigenvalue weighted by molar-refractivity contribution is -0.154. The van der Waals surface area contributed by atoms with Gasteiger partial charge in [-0.25, -0.2) is 10.0 Å². The van der Waals surface area contributed by atoms with Gasteiger partial charge in [0.15, 0.2) is 0 Å². The van der Waals surface area contributed by atoms with Gasteiger partial charge < -0.3 is 4.74 Å². The van der Waals surface area contributed by atoms with Crippen LogP contribution in [0.5, 0.6) is 5.75 Å². The van der Waals surface area contributed by atoms with Gasteiger partial charge in [-0.15, -0.1) is 10.2 Å². The van der Waals surface area contributed by atoms with E-state index < -0.39 is 5.92 Å². The van der Waals surface area contributed by atoms with Gasteiger partial charge in [0.2, 0.25) is 12.3 Å². The van der Waals surface area contributed by atoms with E-state index in [1.165, 1.54) is 0 Å². The first-order valence-corrected chi connectivity index (χ1v) is 9.22. The summed E-state index contributed by atoms with van der Waals surface area (Å²) in [5.41, 5.74) is 6.31. The van der Waals surface area contributed by atoms with E-state index in [2.05, 4.69) is 33.0 Å². The van der Waals surface area contributed by atoms with E-state index >= 15 is 0 Å². The molecule has 0 aliphatic carbocycles. The summed E-state index contributed by atoms with van der Waals surface area (Å²) >= 11 is 0. The maximum atomic E-state index is 12.5. The molecule has 0 saturated carbocycles. The first-order chi connectivity index (χ1) is 13.6. The Hall–Kier alpha value is -3.01. The van der Waals surface area contributed by atoms with Crippen LogP contribution < -0.4 is 15.6 Å². The number of nitrogens with zero attached hydrogens (tertiary/aromatic N) is 4. The molecule has 2 amide bonds. The number of hydrogen-bond donors (Lipinski definition) is 3. The fourth-order valence-electron chi connectivity index (χ4n) is 2.71. The summed E-state index contributed by atoms with van der Waals surface area (Å²) in [6, 6.07) is 5.19. The molecule has 1 atom stereocenters. The van der Waals surface area contributed by atoms with Crippen LogP contribution in [0, 0.1) is 5.92 Å². The van der Waals surface area contributed by atoms with E-state index in [0.717, 1.165) is 25.7 Å². The molecular formula is C18H26N6O4. The minimum absolute atomic E-state index is 0.0836. The summed E-state index contributed by atoms with van der Waals surface area (Å²) in [6.45, 7) is 2.02. The van der Waals surface area contributed by atoms with Crippen LogP contribution in [0.1, 0.15) is 39.0 Å². The molecule has 0 unspecified atom stereocenters. The largest absolute Gasteiger partial charge is 0.497 e. The Morgan fingerprint density at radius 3 is 2.82 bits per heavy atom. The van der Waals surface area contributed by atoms with Gasteiger partial charge in [0, 0.05) is 6.07 Å². The number of fused-ring (bicyclic) bond motifs is 1. The van der Waals surface area contributed by atoms with Crippen LogP contribution in [-0.2, 0) is 9.59 Å². The van der Waals surface area contributed by atoms with Crippen LogP contribution in [0.3, 0.4) is 0 Å². The van der Waals surface area contributed by atoms with Gasteiger partial charge in [0.25, 0.3) is 5.95 Å². The summed E-state index contributed by atoms with van der Waals surface area (Å²) in [7, 11) is 1.56. The van der Waals surface area contributed by atoms with Crippen LogP contribution in [0.15, 0.2) is 18.2 Å². The van der Waals surface area contributed by atoms with E-state index in [9.17, 15) is 14.8 Å². The van der Waals surface area contributed by atoms with Gasteiger partial charge in [0.05, 0.1) is 25.1 Å². The molecule has 0 fully saturated rings. The van der Waals surface area contributed by atoms with Crippen molar-refractivity contribution >= 4 is 29.3 Å². The quantitative estimate of drug-likeness (QED) is 0.217. The zero-order valence-electron chi connectivity index (χ0n) is 16.1. The van der Waals surface area contributed by atoms with Gasteiger partial charge in [-0.3, -0.25) is 25.6 Å². The number of ether oxygens (including phenoxy) is 1. The van der Waals surface area contributed by atoms with Crippen molar-refractivity contribution in [1.82, 2.24) is 25.7 Å². The number of unbranched alkanes of at least 4 members (excludes halogenated alkanes) is 3. The van der Waals surface area contributed by atoms with Crippen LogP contribution in [-0.4, -0.2) is 51.4 Å². The van der Waals surface area contributed by atoms with Gasteiger partial charge >= 0.3 is 0 Å². The summed E-state index contributed by atoms with van der Waals surface area (Å²) in [5.74, 6) is -0.146. The third kappa shape index (κ3) is 6.31. The van der Waals surface area contributed by atoms with E-state index in [4.69, 9.17) is 4.74 Å². The van der Waals surface area contributed by atoms with Crippen LogP contribution in [0.4, 0.5) is 5.95 Å². The standard InChI is InChI=1S/C18H26N6O4/c1-3-4-5-6-7-13(11-24(27)12-25)17(26)21-23-18-19-15-9-8-14(28-2)10-16(15)20-22-18/h8-10,12-13,27H,3-7,11H2,1-2H3,(H,21,26)(H,19,22,23)/t13-/m1/s1. The number of hydrazine groups is 1. The second kappa shape index (κ2) is 11.0. The number of hydroxylamine groups is 2. The number of aromatic nitrogens is 3. The monoisotopic (exact) mass is 390 g/mol. The molecule has 28 heavy (non-hydrogen) atoms. The van der Waals surface area contributed by atoms with Crippen molar-refractivity contribution in [2.75, 3.05) is 19.1 Å². The normalized spacial score (nSPS) is 11.7. The van der Waals surface area contributed by atoms with Crippen molar-refractivity contribution in [2.45, 2.75) is 39.0 Å². The molecule has 0 spiro atoms. The Balaban J connectivity index is 1.97. The highest BCUT2D eigenvalue weighted by Crippen LogP contribution is 2.17. The molecule has 0 saturated heterocycles. The lowest BCUT2D eigenvalue weighted by Gasteiger charge is -2.19. The van der Waals surface area contributed by atoms with Crippen LogP contribution in [0.2, 0.25) is 0 Å². The Bertz CT molecular complexity index is 788. The second-order valence-electron chi connectivity index (χ2n) is 6.38. The molecule has 3 N–H and O–H groups in total. The van der Waals surface area contributed by atoms with Crippen LogP contribution in [0.25, 0.3) is 11.0 Å². The topological polar surface area (TPSA) is 130 Å². The predicted molar refractivity (Wildman–Crippen MR) is 102 cm³/mol.